The van der Waals surface area contributed by atoms with E-state index in [1.807, 2.05) is 0 Å². The number of methoxy groups -OCH3 is 4. The Labute approximate surface area is 156 Å². The molecule has 0 aromatic heterocycles. The lowest BCUT2D eigenvalue weighted by Crippen LogP contribution is -2.16. The van der Waals surface area contributed by atoms with Gasteiger partial charge in [-0.05, 0) is 24.3 Å². The highest BCUT2D eigenvalue weighted by Gasteiger charge is 2.32. The van der Waals surface area contributed by atoms with Gasteiger partial charge in [0, 0.05) is 17.2 Å². The molecule has 0 radical (unpaired) electrons. The third-order valence-electron chi connectivity index (χ3n) is 4.25. The van der Waals surface area contributed by atoms with E-state index in [1.165, 1.54) is 28.4 Å². The van der Waals surface area contributed by atoms with E-state index >= 15 is 0 Å². The standard InChI is InChI=1S/C19H19NO7/c1-23-13-7-12-8-14(20(21)22)18(27-19(12)17(10-13)26-4)11-5-6-15(24-2)16(9-11)25-3/h5-7,9-10H,8H2,1-4H3. The predicted octanol–water partition coefficient (Wildman–Crippen LogP) is 3.30. The summed E-state index contributed by atoms with van der Waals surface area (Å²) in [5.41, 5.74) is 1.05. The van der Waals surface area contributed by atoms with Crippen LogP contribution in [0.25, 0.3) is 5.76 Å². The number of allylic oxidation sites excluding steroid dienone is 1. The molecule has 27 heavy (non-hydrogen) atoms. The first kappa shape index (κ1) is 18.4. The maximum absolute atomic E-state index is 11.7. The molecule has 1 aliphatic rings. The summed E-state index contributed by atoms with van der Waals surface area (Å²) in [6, 6.07) is 8.36. The maximum atomic E-state index is 11.7. The lowest BCUT2D eigenvalue weighted by molar-refractivity contribution is -0.427. The van der Waals surface area contributed by atoms with Gasteiger partial charge in [-0.3, -0.25) is 10.1 Å². The van der Waals surface area contributed by atoms with Gasteiger partial charge in [0.2, 0.25) is 5.76 Å². The van der Waals surface area contributed by atoms with Crippen molar-refractivity contribution in [2.45, 2.75) is 6.42 Å². The minimum absolute atomic E-state index is 0.0648. The van der Waals surface area contributed by atoms with Gasteiger partial charge in [-0.15, -0.1) is 0 Å². The van der Waals surface area contributed by atoms with Crippen molar-refractivity contribution in [3.8, 4) is 28.7 Å². The Morgan fingerprint density at radius 1 is 0.926 bits per heavy atom. The Morgan fingerprint density at radius 2 is 1.63 bits per heavy atom. The lowest BCUT2D eigenvalue weighted by atomic mass is 10.0. The molecule has 0 bridgehead atoms. The Morgan fingerprint density at radius 3 is 2.22 bits per heavy atom. The van der Waals surface area contributed by atoms with Crippen LogP contribution in [-0.2, 0) is 6.42 Å². The van der Waals surface area contributed by atoms with Gasteiger partial charge in [-0.1, -0.05) is 0 Å². The maximum Gasteiger partial charge on any atom is 0.293 e. The summed E-state index contributed by atoms with van der Waals surface area (Å²) in [5.74, 6) is 2.49. The summed E-state index contributed by atoms with van der Waals surface area (Å²) in [5, 5.41) is 11.7. The fourth-order valence-corrected chi connectivity index (χ4v) is 2.92. The molecule has 0 amide bonds. The fourth-order valence-electron chi connectivity index (χ4n) is 2.92. The van der Waals surface area contributed by atoms with Crippen LogP contribution in [0.1, 0.15) is 11.1 Å². The highest BCUT2D eigenvalue weighted by molar-refractivity contribution is 5.71. The van der Waals surface area contributed by atoms with Gasteiger partial charge in [-0.25, -0.2) is 0 Å². The topological polar surface area (TPSA) is 89.3 Å². The number of nitro groups is 1. The summed E-state index contributed by atoms with van der Waals surface area (Å²) in [4.78, 5) is 11.2. The van der Waals surface area contributed by atoms with Crippen LogP contribution < -0.4 is 23.7 Å². The van der Waals surface area contributed by atoms with Gasteiger partial charge < -0.3 is 23.7 Å². The van der Waals surface area contributed by atoms with Crippen molar-refractivity contribution in [1.29, 1.82) is 0 Å². The second-order valence-corrected chi connectivity index (χ2v) is 5.70. The van der Waals surface area contributed by atoms with Gasteiger partial charge in [-0.2, -0.15) is 0 Å². The summed E-state index contributed by atoms with van der Waals surface area (Å²) < 4.78 is 27.1. The zero-order valence-corrected chi connectivity index (χ0v) is 15.4. The van der Waals surface area contributed by atoms with Crippen LogP contribution in [0.2, 0.25) is 0 Å². The zero-order valence-electron chi connectivity index (χ0n) is 15.4. The summed E-state index contributed by atoms with van der Waals surface area (Å²) in [7, 11) is 6.03. The predicted molar refractivity (Wildman–Crippen MR) is 97.3 cm³/mol. The van der Waals surface area contributed by atoms with Gasteiger partial charge in [0.05, 0.1) is 39.8 Å². The molecule has 1 heterocycles. The first-order valence-electron chi connectivity index (χ1n) is 8.05. The Hall–Kier alpha value is -3.42. The Bertz CT molecular complexity index is 921. The van der Waals surface area contributed by atoms with Crippen LogP contribution in [0.15, 0.2) is 36.0 Å². The van der Waals surface area contributed by atoms with E-state index in [2.05, 4.69) is 0 Å². The molecular formula is C19H19NO7. The van der Waals surface area contributed by atoms with Crippen molar-refractivity contribution in [2.75, 3.05) is 28.4 Å². The molecular weight excluding hydrogens is 354 g/mol. The van der Waals surface area contributed by atoms with Crippen LogP contribution in [0.3, 0.4) is 0 Å². The van der Waals surface area contributed by atoms with Crippen LogP contribution >= 0.6 is 0 Å². The van der Waals surface area contributed by atoms with E-state index in [0.717, 1.165) is 0 Å². The minimum Gasteiger partial charge on any atom is -0.497 e. The van der Waals surface area contributed by atoms with E-state index in [4.69, 9.17) is 23.7 Å². The summed E-state index contributed by atoms with van der Waals surface area (Å²) in [6.07, 6.45) is 0.0690. The van der Waals surface area contributed by atoms with Crippen LogP contribution in [0.5, 0.6) is 28.7 Å². The number of benzene rings is 2. The number of hydrogen-bond acceptors (Lipinski definition) is 7. The Balaban J connectivity index is 2.14. The van der Waals surface area contributed by atoms with E-state index in [-0.39, 0.29) is 17.9 Å². The molecule has 2 aromatic carbocycles. The summed E-state index contributed by atoms with van der Waals surface area (Å²) >= 11 is 0. The van der Waals surface area contributed by atoms with Crippen LogP contribution in [0.4, 0.5) is 0 Å². The molecule has 0 unspecified atom stereocenters. The number of rotatable bonds is 6. The van der Waals surface area contributed by atoms with Crippen molar-refractivity contribution in [3.05, 3.63) is 57.3 Å². The highest BCUT2D eigenvalue weighted by atomic mass is 16.6. The lowest BCUT2D eigenvalue weighted by Gasteiger charge is -2.22. The number of hydrogen-bond donors (Lipinski definition) is 0. The van der Waals surface area contributed by atoms with E-state index < -0.39 is 4.92 Å². The van der Waals surface area contributed by atoms with Crippen LogP contribution in [-0.4, -0.2) is 33.4 Å². The van der Waals surface area contributed by atoms with Crippen molar-refractivity contribution in [3.63, 3.8) is 0 Å². The fraction of sp³-hybridized carbons (Fsp3) is 0.263. The molecule has 0 N–H and O–H groups in total. The third kappa shape index (κ3) is 3.33. The molecule has 0 fully saturated rings. The van der Waals surface area contributed by atoms with E-state index in [9.17, 15) is 10.1 Å². The SMILES string of the molecule is COc1cc2c(c(OC)c1)OC(c1ccc(OC)c(OC)c1)=C([N+](=O)[O-])C2. The average Bonchev–Trinajstić information content (AvgIpc) is 2.71. The molecule has 0 aliphatic carbocycles. The van der Waals surface area contributed by atoms with Gasteiger partial charge >= 0.3 is 0 Å². The van der Waals surface area contributed by atoms with Crippen molar-refractivity contribution in [1.82, 2.24) is 0 Å². The molecule has 2 aromatic rings. The first-order valence-corrected chi connectivity index (χ1v) is 8.05. The number of fused-ring (bicyclic) bond motifs is 1. The number of ether oxygens (including phenoxy) is 5. The molecule has 8 nitrogen and oxygen atoms in total. The van der Waals surface area contributed by atoms with Crippen molar-refractivity contribution in [2.24, 2.45) is 0 Å². The van der Waals surface area contributed by atoms with Gasteiger partial charge in [0.15, 0.2) is 23.0 Å². The third-order valence-corrected chi connectivity index (χ3v) is 4.25. The van der Waals surface area contributed by atoms with Crippen LogP contribution in [0, 0.1) is 10.1 Å². The summed E-state index contributed by atoms with van der Waals surface area (Å²) in [6.45, 7) is 0. The monoisotopic (exact) mass is 373 g/mol. The van der Waals surface area contributed by atoms with Gasteiger partial charge in [0.25, 0.3) is 5.70 Å². The smallest absolute Gasteiger partial charge is 0.293 e. The zero-order chi connectivity index (χ0) is 19.6. The molecule has 142 valence electrons. The van der Waals surface area contributed by atoms with Crippen molar-refractivity contribution < 1.29 is 28.6 Å². The highest BCUT2D eigenvalue weighted by Crippen LogP contribution is 2.44. The second-order valence-electron chi connectivity index (χ2n) is 5.70. The van der Waals surface area contributed by atoms with Gasteiger partial charge in [0.1, 0.15) is 5.75 Å². The quantitative estimate of drug-likeness (QED) is 0.567. The molecule has 0 atom stereocenters. The first-order chi connectivity index (χ1) is 13.0. The normalized spacial score (nSPS) is 12.7. The number of nitrogens with zero attached hydrogens (tertiary/aromatic N) is 1. The average molecular weight is 373 g/mol. The molecule has 0 spiro atoms. The molecule has 3 rings (SSSR count). The molecule has 0 saturated carbocycles. The molecule has 1 aliphatic heterocycles. The second kappa shape index (κ2) is 7.45. The molecule has 8 heteroatoms. The minimum atomic E-state index is -0.444. The largest absolute Gasteiger partial charge is 0.497 e. The Kier molecular flexibility index (Phi) is 5.07. The molecule has 0 saturated heterocycles. The van der Waals surface area contributed by atoms with E-state index in [0.29, 0.717) is 39.9 Å². The van der Waals surface area contributed by atoms with Crippen molar-refractivity contribution >= 4 is 5.76 Å². The van der Waals surface area contributed by atoms with E-state index in [1.54, 1.807) is 30.3 Å².